The van der Waals surface area contributed by atoms with Gasteiger partial charge in [0.05, 0.1) is 17.4 Å². The van der Waals surface area contributed by atoms with E-state index in [1.165, 1.54) is 35.5 Å². The van der Waals surface area contributed by atoms with Gasteiger partial charge in [-0.05, 0) is 44.0 Å². The summed E-state index contributed by atoms with van der Waals surface area (Å²) in [6.07, 6.45) is 0.635. The van der Waals surface area contributed by atoms with Crippen molar-refractivity contribution < 1.29 is 22.4 Å². The van der Waals surface area contributed by atoms with Crippen molar-refractivity contribution in [3.63, 3.8) is 0 Å². The highest BCUT2D eigenvalue weighted by Crippen LogP contribution is 2.28. The second-order valence-electron chi connectivity index (χ2n) is 7.77. The van der Waals surface area contributed by atoms with Gasteiger partial charge in [0.2, 0.25) is 21.8 Å². The van der Waals surface area contributed by atoms with Crippen LogP contribution in [0.1, 0.15) is 19.8 Å². The van der Waals surface area contributed by atoms with E-state index in [-0.39, 0.29) is 29.6 Å². The van der Waals surface area contributed by atoms with E-state index in [0.717, 1.165) is 11.7 Å². The Bertz CT molecular complexity index is 1290. The number of sulfonamides is 1. The number of carbonyl (C=O) groups is 2. The van der Waals surface area contributed by atoms with Crippen LogP contribution in [0.25, 0.3) is 11.0 Å². The van der Waals surface area contributed by atoms with E-state index in [2.05, 4.69) is 19.4 Å². The van der Waals surface area contributed by atoms with E-state index in [0.29, 0.717) is 23.9 Å². The first kappa shape index (κ1) is 23.2. The molecule has 2 amide bonds. The van der Waals surface area contributed by atoms with Crippen LogP contribution in [0.4, 0.5) is 10.1 Å². The molecule has 174 valence electrons. The van der Waals surface area contributed by atoms with Crippen LogP contribution >= 0.6 is 11.7 Å². The largest absolute Gasteiger partial charge is 0.344 e. The second kappa shape index (κ2) is 9.49. The highest BCUT2D eigenvalue weighted by molar-refractivity contribution is 7.89. The number of nitrogens with zero attached hydrogens (tertiary/aromatic N) is 3. The number of rotatable bonds is 6. The monoisotopic (exact) mass is 491 g/mol. The Labute approximate surface area is 194 Å². The fourth-order valence-electron chi connectivity index (χ4n) is 3.69. The van der Waals surface area contributed by atoms with Crippen molar-refractivity contribution in [3.8, 4) is 0 Å². The van der Waals surface area contributed by atoms with Crippen LogP contribution in [0.3, 0.4) is 0 Å². The number of fused-ring (bicyclic) bond motifs is 1. The molecule has 1 aliphatic heterocycles. The van der Waals surface area contributed by atoms with E-state index in [1.807, 2.05) is 0 Å². The van der Waals surface area contributed by atoms with Gasteiger partial charge in [-0.1, -0.05) is 18.2 Å². The molecule has 2 aromatic carbocycles. The smallest absolute Gasteiger partial charge is 0.246 e. The van der Waals surface area contributed by atoms with Gasteiger partial charge < -0.3 is 10.6 Å². The van der Waals surface area contributed by atoms with Gasteiger partial charge in [-0.2, -0.15) is 13.1 Å². The predicted molar refractivity (Wildman–Crippen MR) is 122 cm³/mol. The number of aromatic nitrogens is 2. The van der Waals surface area contributed by atoms with Crippen molar-refractivity contribution in [1.82, 2.24) is 18.4 Å². The molecule has 2 heterocycles. The number of carbonyl (C=O) groups excluding carboxylic acids is 2. The Morgan fingerprint density at radius 3 is 2.58 bits per heavy atom. The van der Waals surface area contributed by atoms with Crippen molar-refractivity contribution in [1.29, 1.82) is 0 Å². The number of hydrogen-bond acceptors (Lipinski definition) is 7. The number of nitrogens with one attached hydrogen (secondary N) is 2. The number of anilines is 1. The summed E-state index contributed by atoms with van der Waals surface area (Å²) >= 11 is 0.954. The number of halogens is 1. The summed E-state index contributed by atoms with van der Waals surface area (Å²) in [4.78, 5) is 25.1. The maximum Gasteiger partial charge on any atom is 0.246 e. The average molecular weight is 492 g/mol. The average Bonchev–Trinajstić information content (AvgIpc) is 3.29. The first-order chi connectivity index (χ1) is 15.8. The molecule has 3 aromatic rings. The fraction of sp³-hybridized carbons (Fsp3) is 0.333. The Hall–Kier alpha value is -2.96. The number of hydrogen-bond donors (Lipinski definition) is 2. The van der Waals surface area contributed by atoms with Gasteiger partial charge in [0.15, 0.2) is 0 Å². The lowest BCUT2D eigenvalue weighted by atomic mass is 9.97. The van der Waals surface area contributed by atoms with Gasteiger partial charge >= 0.3 is 0 Å². The highest BCUT2D eigenvalue weighted by atomic mass is 32.2. The number of amides is 2. The molecule has 1 atom stereocenters. The summed E-state index contributed by atoms with van der Waals surface area (Å²) in [6.45, 7) is 1.85. The summed E-state index contributed by atoms with van der Waals surface area (Å²) in [7, 11) is -3.78. The van der Waals surface area contributed by atoms with Gasteiger partial charge in [0.25, 0.3) is 0 Å². The lowest BCUT2D eigenvalue weighted by Crippen LogP contribution is -2.47. The van der Waals surface area contributed by atoms with Crippen molar-refractivity contribution in [2.45, 2.75) is 30.7 Å². The van der Waals surface area contributed by atoms with E-state index >= 15 is 0 Å². The maximum absolute atomic E-state index is 13.7. The van der Waals surface area contributed by atoms with Gasteiger partial charge in [0.1, 0.15) is 27.8 Å². The third-order valence-electron chi connectivity index (χ3n) is 5.58. The molecule has 0 bridgehead atoms. The van der Waals surface area contributed by atoms with Crippen LogP contribution in [-0.2, 0) is 19.6 Å². The summed E-state index contributed by atoms with van der Waals surface area (Å²) in [5, 5.41) is 5.09. The third kappa shape index (κ3) is 4.87. The molecule has 0 aliphatic carbocycles. The van der Waals surface area contributed by atoms with E-state index in [1.54, 1.807) is 18.2 Å². The Morgan fingerprint density at radius 2 is 1.85 bits per heavy atom. The van der Waals surface area contributed by atoms with Crippen molar-refractivity contribution in [2.24, 2.45) is 5.92 Å². The minimum atomic E-state index is -3.78. The Balaban J connectivity index is 1.34. The molecular weight excluding hydrogens is 469 g/mol. The molecule has 4 rings (SSSR count). The van der Waals surface area contributed by atoms with Crippen LogP contribution in [0.2, 0.25) is 0 Å². The summed E-state index contributed by atoms with van der Waals surface area (Å²) in [5.41, 5.74) is 0.905. The lowest BCUT2D eigenvalue weighted by molar-refractivity contribution is -0.129. The molecule has 1 saturated heterocycles. The first-order valence-corrected chi connectivity index (χ1v) is 12.5. The molecule has 1 aromatic heterocycles. The topological polar surface area (TPSA) is 121 Å². The van der Waals surface area contributed by atoms with Crippen LogP contribution in [0, 0.1) is 11.7 Å². The predicted octanol–water partition coefficient (Wildman–Crippen LogP) is 2.37. The number of piperidine rings is 1. The maximum atomic E-state index is 13.7. The van der Waals surface area contributed by atoms with Gasteiger partial charge in [-0.25, -0.2) is 12.8 Å². The Kier molecular flexibility index (Phi) is 6.68. The van der Waals surface area contributed by atoms with Crippen molar-refractivity contribution >= 4 is 50.3 Å². The molecule has 0 radical (unpaired) electrons. The van der Waals surface area contributed by atoms with Crippen molar-refractivity contribution in [3.05, 3.63) is 48.3 Å². The third-order valence-corrected chi connectivity index (χ3v) is 8.05. The summed E-state index contributed by atoms with van der Waals surface area (Å²) in [5.74, 6) is -1.88. The molecule has 33 heavy (non-hydrogen) atoms. The quantitative estimate of drug-likeness (QED) is 0.546. The second-order valence-corrected chi connectivity index (χ2v) is 10.2. The zero-order chi connectivity index (χ0) is 23.6. The van der Waals surface area contributed by atoms with Gasteiger partial charge in [-0.15, -0.1) is 0 Å². The highest BCUT2D eigenvalue weighted by Gasteiger charge is 2.34. The van der Waals surface area contributed by atoms with Crippen LogP contribution < -0.4 is 10.6 Å². The molecule has 1 fully saturated rings. The molecule has 0 spiro atoms. The van der Waals surface area contributed by atoms with Crippen LogP contribution in [0.15, 0.2) is 47.4 Å². The van der Waals surface area contributed by atoms with Gasteiger partial charge in [0, 0.05) is 19.0 Å². The lowest BCUT2D eigenvalue weighted by Gasteiger charge is -2.31. The molecule has 0 unspecified atom stereocenters. The molecule has 12 heteroatoms. The minimum absolute atomic E-state index is 0.0347. The van der Waals surface area contributed by atoms with Crippen molar-refractivity contribution in [2.75, 3.05) is 18.4 Å². The van der Waals surface area contributed by atoms with E-state index in [9.17, 15) is 22.4 Å². The SMILES string of the molecule is C[C@@H](NC(=O)C1CCN(S(=O)(=O)c2cccc3nsnc23)CC1)C(=O)Nc1ccccc1F. The Morgan fingerprint density at radius 1 is 1.12 bits per heavy atom. The fourth-order valence-corrected chi connectivity index (χ4v) is 5.91. The first-order valence-electron chi connectivity index (χ1n) is 10.3. The summed E-state index contributed by atoms with van der Waals surface area (Å²) < 4.78 is 49.5. The minimum Gasteiger partial charge on any atom is -0.344 e. The zero-order valence-electron chi connectivity index (χ0n) is 17.7. The standard InChI is InChI=1S/C21H22FN5O4S2/c1-13(20(28)24-16-6-3-2-5-15(16)22)23-21(29)14-9-11-27(12-10-14)33(30,31)18-8-4-7-17-19(18)26-32-25-17/h2-8,13-14H,9-12H2,1H3,(H,23,29)(H,24,28)/t13-/m1/s1. The number of para-hydroxylation sites is 1. The van der Waals surface area contributed by atoms with Crippen LogP contribution in [0.5, 0.6) is 0 Å². The normalized spacial score (nSPS) is 16.4. The molecule has 1 aliphatic rings. The summed E-state index contributed by atoms with van der Waals surface area (Å²) in [6, 6.07) is 9.72. The van der Waals surface area contributed by atoms with Gasteiger partial charge in [-0.3, -0.25) is 9.59 Å². The van der Waals surface area contributed by atoms with E-state index < -0.39 is 33.7 Å². The molecule has 9 nitrogen and oxygen atoms in total. The number of benzene rings is 2. The molecule has 2 N–H and O–H groups in total. The van der Waals surface area contributed by atoms with Crippen LogP contribution in [-0.4, -0.2) is 52.4 Å². The zero-order valence-corrected chi connectivity index (χ0v) is 19.3. The van der Waals surface area contributed by atoms with E-state index in [4.69, 9.17) is 0 Å². The molecule has 0 saturated carbocycles. The molecular formula is C21H22FN5O4S2.